The third-order valence-electron chi connectivity index (χ3n) is 5.56. The van der Waals surface area contributed by atoms with Crippen LogP contribution in [0.3, 0.4) is 0 Å². The molecule has 2 aliphatic rings. The lowest BCUT2D eigenvalue weighted by molar-refractivity contribution is -0.141. The molecule has 2 heterocycles. The molecule has 2 saturated heterocycles. The van der Waals surface area contributed by atoms with E-state index in [-0.39, 0.29) is 17.6 Å². The molecule has 2 fully saturated rings. The smallest absolute Gasteiger partial charge is 0.163 e. The maximum atomic E-state index is 5.90. The highest BCUT2D eigenvalue weighted by Crippen LogP contribution is 2.37. The molecule has 2 aromatic carbocycles. The van der Waals surface area contributed by atoms with Crippen LogP contribution in [0.1, 0.15) is 38.8 Å². The second kappa shape index (κ2) is 8.50. The summed E-state index contributed by atoms with van der Waals surface area (Å²) in [6, 6.07) is 14.5. The zero-order valence-corrected chi connectivity index (χ0v) is 19.5. The van der Waals surface area contributed by atoms with Crippen LogP contribution >= 0.6 is 15.9 Å². The highest BCUT2D eigenvalue weighted by molar-refractivity contribution is 9.10. The number of hydrogen-bond donors (Lipinski definition) is 0. The summed E-state index contributed by atoms with van der Waals surface area (Å²) in [7, 11) is 0. The monoisotopic (exact) mass is 476 g/mol. The van der Waals surface area contributed by atoms with Gasteiger partial charge in [0.15, 0.2) is 5.79 Å². The van der Waals surface area contributed by atoms with Crippen molar-refractivity contribution < 1.29 is 23.7 Å². The van der Waals surface area contributed by atoms with Crippen LogP contribution in [0, 0.1) is 0 Å². The van der Waals surface area contributed by atoms with Crippen LogP contribution in [0.4, 0.5) is 0 Å². The van der Waals surface area contributed by atoms with Gasteiger partial charge in [0.2, 0.25) is 0 Å². The van der Waals surface area contributed by atoms with Gasteiger partial charge in [-0.05, 0) is 65.2 Å². The zero-order chi connectivity index (χ0) is 21.4. The van der Waals surface area contributed by atoms with E-state index >= 15 is 0 Å². The normalized spacial score (nSPS) is 22.7. The molecule has 0 unspecified atom stereocenters. The van der Waals surface area contributed by atoms with E-state index in [1.807, 2.05) is 32.0 Å². The first kappa shape index (κ1) is 21.6. The number of ether oxygens (including phenoxy) is 5. The van der Waals surface area contributed by atoms with Crippen molar-refractivity contribution in [2.24, 2.45) is 0 Å². The van der Waals surface area contributed by atoms with Gasteiger partial charge in [-0.1, -0.05) is 32.0 Å². The lowest BCUT2D eigenvalue weighted by Crippen LogP contribution is -2.25. The van der Waals surface area contributed by atoms with E-state index in [4.69, 9.17) is 23.7 Å². The minimum atomic E-state index is -0.525. The molecule has 0 saturated carbocycles. The summed E-state index contributed by atoms with van der Waals surface area (Å²) in [5, 5.41) is 0. The summed E-state index contributed by atoms with van der Waals surface area (Å²) >= 11 is 3.65. The van der Waals surface area contributed by atoms with Gasteiger partial charge in [0.05, 0.1) is 17.7 Å². The van der Waals surface area contributed by atoms with E-state index in [2.05, 4.69) is 54.0 Å². The Morgan fingerprint density at radius 3 is 2.23 bits per heavy atom. The fourth-order valence-electron chi connectivity index (χ4n) is 3.52. The predicted molar refractivity (Wildman–Crippen MR) is 118 cm³/mol. The van der Waals surface area contributed by atoms with Crippen LogP contribution in [-0.2, 0) is 19.6 Å². The maximum absolute atomic E-state index is 5.90. The largest absolute Gasteiger partial charge is 0.491 e. The molecule has 30 heavy (non-hydrogen) atoms. The SMILES string of the molecule is CC1(C)OC[C@H](COc2ccc(C(C)(C)c3ccc(OC[C@H]4CO4)c(Br)c3)cc2)O1. The van der Waals surface area contributed by atoms with Gasteiger partial charge in [-0.3, -0.25) is 0 Å². The zero-order valence-electron chi connectivity index (χ0n) is 17.9. The molecular weight excluding hydrogens is 448 g/mol. The molecule has 0 N–H and O–H groups in total. The van der Waals surface area contributed by atoms with Crippen molar-refractivity contribution in [2.45, 2.75) is 51.1 Å². The van der Waals surface area contributed by atoms with Gasteiger partial charge in [0.1, 0.15) is 36.9 Å². The summed E-state index contributed by atoms with van der Waals surface area (Å²) in [5.74, 6) is 1.15. The number of epoxide rings is 1. The topological polar surface area (TPSA) is 49.5 Å². The lowest BCUT2D eigenvalue weighted by Gasteiger charge is -2.27. The average molecular weight is 477 g/mol. The average Bonchev–Trinajstić information content (AvgIpc) is 3.47. The Morgan fingerprint density at radius 1 is 0.967 bits per heavy atom. The van der Waals surface area contributed by atoms with E-state index in [1.165, 1.54) is 11.1 Å². The lowest BCUT2D eigenvalue weighted by atomic mass is 9.78. The van der Waals surface area contributed by atoms with Gasteiger partial charge >= 0.3 is 0 Å². The van der Waals surface area contributed by atoms with Crippen molar-refractivity contribution in [1.29, 1.82) is 0 Å². The van der Waals surface area contributed by atoms with Crippen molar-refractivity contribution in [3.05, 3.63) is 58.1 Å². The van der Waals surface area contributed by atoms with Gasteiger partial charge < -0.3 is 23.7 Å². The molecule has 5 nitrogen and oxygen atoms in total. The van der Waals surface area contributed by atoms with E-state index in [1.54, 1.807) is 0 Å². The van der Waals surface area contributed by atoms with Crippen LogP contribution in [-0.4, -0.2) is 44.4 Å². The molecule has 0 bridgehead atoms. The Balaban J connectivity index is 1.39. The minimum absolute atomic E-state index is 0.0410. The predicted octanol–water partition coefficient (Wildman–Crippen LogP) is 5.08. The van der Waals surface area contributed by atoms with Crippen molar-refractivity contribution in [3.63, 3.8) is 0 Å². The summed E-state index contributed by atoms with van der Waals surface area (Å²) in [6.45, 7) is 10.7. The molecule has 162 valence electrons. The van der Waals surface area contributed by atoms with E-state index < -0.39 is 5.79 Å². The molecule has 0 aromatic heterocycles. The van der Waals surface area contributed by atoms with Gasteiger partial charge in [-0.2, -0.15) is 0 Å². The van der Waals surface area contributed by atoms with Crippen LogP contribution in [0.2, 0.25) is 0 Å². The molecule has 0 spiro atoms. The van der Waals surface area contributed by atoms with Gasteiger partial charge in [0.25, 0.3) is 0 Å². The first-order chi connectivity index (χ1) is 14.2. The molecular formula is C24H29BrO5. The maximum Gasteiger partial charge on any atom is 0.163 e. The second-order valence-corrected chi connectivity index (χ2v) is 9.68. The van der Waals surface area contributed by atoms with Crippen molar-refractivity contribution in [2.75, 3.05) is 26.4 Å². The summed E-state index contributed by atoms with van der Waals surface area (Å²) < 4.78 is 29.3. The quantitative estimate of drug-likeness (QED) is 0.497. The van der Waals surface area contributed by atoms with E-state index in [9.17, 15) is 0 Å². The van der Waals surface area contributed by atoms with Gasteiger partial charge in [-0.25, -0.2) is 0 Å². The Bertz CT molecular complexity index is 874. The van der Waals surface area contributed by atoms with Gasteiger partial charge in [0, 0.05) is 5.41 Å². The van der Waals surface area contributed by atoms with Crippen molar-refractivity contribution >= 4 is 15.9 Å². The standard InChI is InChI=1S/C24H29BrO5/c1-23(2,17-7-10-22(21(25)11-17)28-13-19-12-27-19)16-5-8-18(9-6-16)26-14-20-15-29-24(3,4)30-20/h5-11,19-20H,12-15H2,1-4H3/t19-,20+/m1/s1. The highest BCUT2D eigenvalue weighted by Gasteiger charge is 2.33. The van der Waals surface area contributed by atoms with Crippen molar-refractivity contribution in [3.8, 4) is 11.5 Å². The van der Waals surface area contributed by atoms with Crippen molar-refractivity contribution in [1.82, 2.24) is 0 Å². The molecule has 4 rings (SSSR count). The number of benzene rings is 2. The first-order valence-electron chi connectivity index (χ1n) is 10.3. The van der Waals surface area contributed by atoms with Gasteiger partial charge in [-0.15, -0.1) is 0 Å². The second-order valence-electron chi connectivity index (χ2n) is 8.82. The summed E-state index contributed by atoms with van der Waals surface area (Å²) in [6.07, 6.45) is 0.202. The molecule has 2 aliphatic heterocycles. The fraction of sp³-hybridized carbons (Fsp3) is 0.500. The molecule has 0 radical (unpaired) electrons. The number of rotatable bonds is 8. The number of halogens is 1. The fourth-order valence-corrected chi connectivity index (χ4v) is 4.02. The van der Waals surface area contributed by atoms with E-state index in [0.29, 0.717) is 19.8 Å². The molecule has 2 aromatic rings. The third kappa shape index (κ3) is 5.17. The van der Waals surface area contributed by atoms with Crippen LogP contribution < -0.4 is 9.47 Å². The molecule has 6 heteroatoms. The Kier molecular flexibility index (Phi) is 6.13. The van der Waals surface area contributed by atoms with Crippen LogP contribution in [0.5, 0.6) is 11.5 Å². The molecule has 0 amide bonds. The third-order valence-corrected chi connectivity index (χ3v) is 6.18. The molecule has 0 aliphatic carbocycles. The highest BCUT2D eigenvalue weighted by atomic mass is 79.9. The van der Waals surface area contributed by atoms with Crippen LogP contribution in [0.25, 0.3) is 0 Å². The Labute approximate surface area is 186 Å². The minimum Gasteiger partial charge on any atom is -0.491 e. The number of hydrogen-bond acceptors (Lipinski definition) is 5. The summed E-state index contributed by atoms with van der Waals surface area (Å²) in [5.41, 5.74) is 2.26. The Hall–Kier alpha value is -1.60. The molecule has 2 atom stereocenters. The van der Waals surface area contributed by atoms with E-state index in [0.717, 1.165) is 22.6 Å². The summed E-state index contributed by atoms with van der Waals surface area (Å²) in [4.78, 5) is 0. The van der Waals surface area contributed by atoms with Crippen LogP contribution in [0.15, 0.2) is 46.9 Å². The first-order valence-corrected chi connectivity index (χ1v) is 11.1. The Morgan fingerprint density at radius 2 is 1.63 bits per heavy atom.